The number of carbonyl (C=O) groups excluding carboxylic acids is 1. The molecule has 1 fully saturated rings. The second-order valence-corrected chi connectivity index (χ2v) is 11.5. The number of halogens is 2. The van der Waals surface area contributed by atoms with Crippen LogP contribution in [0.4, 0.5) is 21.5 Å². The first-order chi connectivity index (χ1) is 18.2. The zero-order valence-electron chi connectivity index (χ0n) is 21.0. The van der Waals surface area contributed by atoms with Crippen molar-refractivity contribution in [3.05, 3.63) is 77.3 Å². The van der Waals surface area contributed by atoms with Crippen LogP contribution in [0.1, 0.15) is 18.9 Å². The Morgan fingerprint density at radius 2 is 1.79 bits per heavy atom. The second kappa shape index (κ2) is 10.8. The van der Waals surface area contributed by atoms with Gasteiger partial charge in [0.25, 0.3) is 10.0 Å². The van der Waals surface area contributed by atoms with Gasteiger partial charge in [0.1, 0.15) is 11.9 Å². The molecule has 38 heavy (non-hydrogen) atoms. The summed E-state index contributed by atoms with van der Waals surface area (Å²) in [7, 11) is -3.82. The number of aryl methyl sites for hydroxylation is 1. The number of sulfonamides is 1. The molecule has 0 radical (unpaired) electrons. The number of hydrogen-bond donors (Lipinski definition) is 1. The highest BCUT2D eigenvalue weighted by atomic mass is 35.5. The minimum atomic E-state index is -3.82. The van der Waals surface area contributed by atoms with Gasteiger partial charge in [0.2, 0.25) is 5.91 Å². The highest BCUT2D eigenvalue weighted by Gasteiger charge is 2.31. The van der Waals surface area contributed by atoms with Crippen LogP contribution in [0.2, 0.25) is 5.15 Å². The molecule has 0 saturated carbocycles. The summed E-state index contributed by atoms with van der Waals surface area (Å²) in [6, 6.07) is 14.2. The van der Waals surface area contributed by atoms with Crippen LogP contribution in [0.15, 0.2) is 65.7 Å². The lowest BCUT2D eigenvalue weighted by Gasteiger charge is -2.41. The molecule has 1 N–H and O–H groups in total. The van der Waals surface area contributed by atoms with Crippen molar-refractivity contribution in [1.82, 2.24) is 9.88 Å². The van der Waals surface area contributed by atoms with E-state index in [4.69, 9.17) is 11.6 Å². The maximum absolute atomic E-state index is 13.7. The Morgan fingerprint density at radius 3 is 2.50 bits per heavy atom. The number of carbonyl (C=O) groups is 1. The van der Waals surface area contributed by atoms with Gasteiger partial charge in [-0.1, -0.05) is 11.6 Å². The van der Waals surface area contributed by atoms with Crippen LogP contribution in [0, 0.1) is 5.82 Å². The van der Waals surface area contributed by atoms with E-state index in [-0.39, 0.29) is 33.5 Å². The molecule has 8 nitrogen and oxygen atoms in total. The predicted octanol–water partition coefficient (Wildman–Crippen LogP) is 4.16. The molecular weight excluding hydrogens is 529 g/mol. The normalized spacial score (nSPS) is 16.7. The summed E-state index contributed by atoms with van der Waals surface area (Å²) in [5, 5.41) is 0.0767. The third-order valence-electron chi connectivity index (χ3n) is 7.13. The van der Waals surface area contributed by atoms with Gasteiger partial charge in [-0.05, 0) is 79.9 Å². The number of anilines is 3. The number of benzene rings is 2. The van der Waals surface area contributed by atoms with E-state index in [0.29, 0.717) is 26.2 Å². The van der Waals surface area contributed by atoms with Crippen molar-refractivity contribution in [1.29, 1.82) is 0 Å². The topological polar surface area (TPSA) is 85.8 Å². The number of nitrogens with one attached hydrogen (secondary N) is 1. The number of pyridine rings is 1. The number of aromatic nitrogens is 1. The predicted molar refractivity (Wildman–Crippen MR) is 147 cm³/mol. The molecule has 2 aromatic carbocycles. The molecule has 1 saturated heterocycles. The monoisotopic (exact) mass is 557 g/mol. The third-order valence-corrected chi connectivity index (χ3v) is 8.81. The van der Waals surface area contributed by atoms with Crippen molar-refractivity contribution in [3.63, 3.8) is 0 Å². The van der Waals surface area contributed by atoms with E-state index >= 15 is 0 Å². The number of hydrogen-bond acceptors (Lipinski definition) is 6. The quantitative estimate of drug-likeness (QED) is 0.458. The molecule has 2 aliphatic heterocycles. The van der Waals surface area contributed by atoms with Crippen molar-refractivity contribution in [3.8, 4) is 0 Å². The smallest absolute Gasteiger partial charge is 0.261 e. The van der Waals surface area contributed by atoms with E-state index in [0.717, 1.165) is 36.3 Å². The molecule has 1 amide bonds. The summed E-state index contributed by atoms with van der Waals surface area (Å²) < 4.78 is 41.7. The Balaban J connectivity index is 1.20. The molecule has 5 rings (SSSR count). The van der Waals surface area contributed by atoms with Gasteiger partial charge >= 0.3 is 0 Å². The number of rotatable bonds is 6. The zero-order chi connectivity index (χ0) is 26.9. The highest BCUT2D eigenvalue weighted by Crippen LogP contribution is 2.30. The summed E-state index contributed by atoms with van der Waals surface area (Å²) >= 11 is 5.98. The Bertz CT molecular complexity index is 1430. The number of amides is 1. The van der Waals surface area contributed by atoms with E-state index in [1.54, 1.807) is 48.5 Å². The summed E-state index contributed by atoms with van der Waals surface area (Å²) in [6.45, 7) is 5.08. The average Bonchev–Trinajstić information content (AvgIpc) is 2.93. The fraction of sp³-hybridized carbons (Fsp3) is 0.333. The maximum atomic E-state index is 13.7. The first-order valence-corrected chi connectivity index (χ1v) is 14.4. The van der Waals surface area contributed by atoms with Crippen LogP contribution in [0.25, 0.3) is 0 Å². The first-order valence-electron chi connectivity index (χ1n) is 12.5. The molecule has 11 heteroatoms. The van der Waals surface area contributed by atoms with E-state index in [1.165, 1.54) is 12.3 Å². The van der Waals surface area contributed by atoms with Crippen molar-refractivity contribution >= 4 is 44.6 Å². The molecule has 0 spiro atoms. The lowest BCUT2D eigenvalue weighted by Crippen LogP contribution is -2.55. The van der Waals surface area contributed by atoms with Crippen molar-refractivity contribution in [2.24, 2.45) is 0 Å². The standard InChI is InChI=1S/C27H29ClFN5O3S/c1-19(34-13-3-4-20-18-21(29)6-11-25(20)34)27(35)33-16-14-32(15-17-33)22-7-9-23(10-8-22)38(36,37)31-24-5-2-12-30-26(24)28/h2,5-12,18-19,31H,3-4,13-17H2,1H3/t19-/m0/s1. The highest BCUT2D eigenvalue weighted by molar-refractivity contribution is 7.92. The Labute approximate surface area is 227 Å². The molecule has 1 aromatic heterocycles. The zero-order valence-corrected chi connectivity index (χ0v) is 22.6. The second-order valence-electron chi connectivity index (χ2n) is 9.50. The molecule has 3 heterocycles. The van der Waals surface area contributed by atoms with Gasteiger partial charge in [0, 0.05) is 50.3 Å². The number of fused-ring (bicyclic) bond motifs is 1. The first kappa shape index (κ1) is 26.2. The van der Waals surface area contributed by atoms with Gasteiger partial charge in [-0.3, -0.25) is 9.52 Å². The average molecular weight is 558 g/mol. The van der Waals surface area contributed by atoms with E-state index < -0.39 is 10.0 Å². The largest absolute Gasteiger partial charge is 0.368 e. The van der Waals surface area contributed by atoms with Crippen molar-refractivity contribution in [2.75, 3.05) is 47.2 Å². The van der Waals surface area contributed by atoms with Crippen LogP contribution < -0.4 is 14.5 Å². The molecule has 0 aliphatic carbocycles. The van der Waals surface area contributed by atoms with E-state index in [1.807, 2.05) is 11.8 Å². The molecule has 0 bridgehead atoms. The minimum Gasteiger partial charge on any atom is -0.368 e. The summed E-state index contributed by atoms with van der Waals surface area (Å²) in [5.41, 5.74) is 2.99. The van der Waals surface area contributed by atoms with Crippen LogP contribution in [0.3, 0.4) is 0 Å². The van der Waals surface area contributed by atoms with Crippen LogP contribution in [-0.2, 0) is 21.2 Å². The molecule has 200 valence electrons. The van der Waals surface area contributed by atoms with Gasteiger partial charge in [-0.25, -0.2) is 17.8 Å². The summed E-state index contributed by atoms with van der Waals surface area (Å²) in [6.07, 6.45) is 3.19. The Kier molecular flexibility index (Phi) is 7.45. The summed E-state index contributed by atoms with van der Waals surface area (Å²) in [5.74, 6) is -0.191. The van der Waals surface area contributed by atoms with Gasteiger partial charge in [0.15, 0.2) is 5.15 Å². The fourth-order valence-electron chi connectivity index (χ4n) is 5.08. The Morgan fingerprint density at radius 1 is 1.05 bits per heavy atom. The maximum Gasteiger partial charge on any atom is 0.261 e. The number of piperazine rings is 1. The SMILES string of the molecule is C[C@@H](C(=O)N1CCN(c2ccc(S(=O)(=O)Nc3cccnc3Cl)cc2)CC1)N1CCCc2cc(F)ccc21. The van der Waals surface area contributed by atoms with E-state index in [2.05, 4.69) is 19.5 Å². The molecule has 1 atom stereocenters. The fourth-order valence-corrected chi connectivity index (χ4v) is 6.37. The summed E-state index contributed by atoms with van der Waals surface area (Å²) in [4.78, 5) is 23.4. The van der Waals surface area contributed by atoms with Crippen LogP contribution >= 0.6 is 11.6 Å². The molecule has 0 unspecified atom stereocenters. The lowest BCUT2D eigenvalue weighted by molar-refractivity contribution is -0.132. The van der Waals surface area contributed by atoms with Gasteiger partial charge < -0.3 is 14.7 Å². The Hall–Kier alpha value is -3.37. The molecular formula is C27H29ClFN5O3S. The van der Waals surface area contributed by atoms with Gasteiger partial charge in [-0.15, -0.1) is 0 Å². The van der Waals surface area contributed by atoms with E-state index in [9.17, 15) is 17.6 Å². The third kappa shape index (κ3) is 5.42. The van der Waals surface area contributed by atoms with Crippen LogP contribution in [-0.4, -0.2) is 63.0 Å². The molecule has 2 aliphatic rings. The molecule has 3 aromatic rings. The van der Waals surface area contributed by atoms with Crippen molar-refractivity contribution < 1.29 is 17.6 Å². The lowest BCUT2D eigenvalue weighted by atomic mass is 9.99. The van der Waals surface area contributed by atoms with Crippen molar-refractivity contribution in [2.45, 2.75) is 30.7 Å². The van der Waals surface area contributed by atoms with Gasteiger partial charge in [-0.2, -0.15) is 0 Å². The van der Waals surface area contributed by atoms with Crippen LogP contribution in [0.5, 0.6) is 0 Å². The number of nitrogens with zero attached hydrogens (tertiary/aromatic N) is 4. The van der Waals surface area contributed by atoms with Gasteiger partial charge in [0.05, 0.1) is 10.6 Å². The minimum absolute atomic E-state index is 0.0587.